The summed E-state index contributed by atoms with van der Waals surface area (Å²) in [4.78, 5) is 17.2. The van der Waals surface area contributed by atoms with Crippen LogP contribution in [0, 0.1) is 12.8 Å². The lowest BCUT2D eigenvalue weighted by Gasteiger charge is -2.35. The summed E-state index contributed by atoms with van der Waals surface area (Å²) in [7, 11) is 0. The number of ether oxygens (including phenoxy) is 1. The monoisotopic (exact) mass is 282 g/mol. The fourth-order valence-electron chi connectivity index (χ4n) is 2.78. The molecule has 2 atom stereocenters. The summed E-state index contributed by atoms with van der Waals surface area (Å²) in [6, 6.07) is 0. The van der Waals surface area contributed by atoms with E-state index in [1.807, 2.05) is 6.92 Å². The van der Waals surface area contributed by atoms with Gasteiger partial charge in [0.1, 0.15) is 5.01 Å². The lowest BCUT2D eigenvalue weighted by Crippen LogP contribution is -2.41. The number of esters is 1. The van der Waals surface area contributed by atoms with Crippen LogP contribution in [-0.2, 0) is 10.3 Å². The van der Waals surface area contributed by atoms with Crippen LogP contribution in [0.25, 0.3) is 0 Å². The summed E-state index contributed by atoms with van der Waals surface area (Å²) in [6.45, 7) is 6.31. The summed E-state index contributed by atoms with van der Waals surface area (Å²) < 4.78 is 5.03. The van der Waals surface area contributed by atoms with Crippen molar-refractivity contribution in [2.24, 2.45) is 11.7 Å². The first-order chi connectivity index (χ1) is 8.96. The molecule has 2 N–H and O–H groups in total. The van der Waals surface area contributed by atoms with Gasteiger partial charge in [0, 0.05) is 4.88 Å². The van der Waals surface area contributed by atoms with Gasteiger partial charge < -0.3 is 10.5 Å². The Kier molecular flexibility index (Phi) is 4.26. The van der Waals surface area contributed by atoms with Crippen molar-refractivity contribution in [3.05, 3.63) is 15.6 Å². The van der Waals surface area contributed by atoms with E-state index in [-0.39, 0.29) is 11.5 Å². The molecule has 1 aromatic heterocycles. The van der Waals surface area contributed by atoms with Crippen LogP contribution in [0.2, 0.25) is 0 Å². The quantitative estimate of drug-likeness (QED) is 0.866. The molecule has 1 fully saturated rings. The minimum atomic E-state index is -0.363. The van der Waals surface area contributed by atoms with Crippen LogP contribution >= 0.6 is 11.3 Å². The van der Waals surface area contributed by atoms with Gasteiger partial charge in [0.2, 0.25) is 0 Å². The largest absolute Gasteiger partial charge is 0.461 e. The van der Waals surface area contributed by atoms with Gasteiger partial charge in [0.25, 0.3) is 0 Å². The Bertz CT molecular complexity index is 472. The number of hydrogen-bond acceptors (Lipinski definition) is 5. The van der Waals surface area contributed by atoms with Crippen molar-refractivity contribution in [1.29, 1.82) is 0 Å². The Labute approximate surface area is 118 Å². The molecule has 1 aliphatic rings. The molecule has 1 aliphatic carbocycles. The minimum absolute atomic E-state index is 0.338. The molecule has 5 heteroatoms. The van der Waals surface area contributed by atoms with Gasteiger partial charge in [-0.3, -0.25) is 0 Å². The van der Waals surface area contributed by atoms with Crippen molar-refractivity contribution in [3.8, 4) is 0 Å². The standard InChI is InChI=1S/C14H22N2O2S/c1-4-18-12(17)11-10(3)19-13(16-11)14(15)7-5-6-9(2)8-14/h9H,4-8,15H2,1-3H3. The third kappa shape index (κ3) is 2.98. The van der Waals surface area contributed by atoms with Gasteiger partial charge in [-0.1, -0.05) is 19.8 Å². The first-order valence-electron chi connectivity index (χ1n) is 6.90. The van der Waals surface area contributed by atoms with Crippen molar-refractivity contribution in [2.75, 3.05) is 6.61 Å². The topological polar surface area (TPSA) is 65.2 Å². The van der Waals surface area contributed by atoms with Crippen LogP contribution in [0.3, 0.4) is 0 Å². The fourth-order valence-corrected chi connectivity index (χ4v) is 3.83. The lowest BCUT2D eigenvalue weighted by atomic mass is 9.77. The van der Waals surface area contributed by atoms with Crippen LogP contribution in [0.5, 0.6) is 0 Å². The predicted molar refractivity (Wildman–Crippen MR) is 76.3 cm³/mol. The van der Waals surface area contributed by atoms with E-state index in [0.717, 1.165) is 29.1 Å². The summed E-state index contributed by atoms with van der Waals surface area (Å²) >= 11 is 1.54. The zero-order chi connectivity index (χ0) is 14.0. The summed E-state index contributed by atoms with van der Waals surface area (Å²) in [5, 5.41) is 0.889. The molecule has 1 aromatic rings. The molecule has 0 aliphatic heterocycles. The second-order valence-electron chi connectivity index (χ2n) is 5.50. The molecular formula is C14H22N2O2S. The number of nitrogens with two attached hydrogens (primary N) is 1. The third-order valence-corrected chi connectivity index (χ3v) is 4.91. The number of carbonyl (C=O) groups is 1. The SMILES string of the molecule is CCOC(=O)c1nc(C2(N)CCCC(C)C2)sc1C. The average molecular weight is 282 g/mol. The number of aromatic nitrogens is 1. The van der Waals surface area contributed by atoms with Gasteiger partial charge in [0.15, 0.2) is 5.69 Å². The van der Waals surface area contributed by atoms with Gasteiger partial charge in [-0.2, -0.15) is 0 Å². The van der Waals surface area contributed by atoms with Crippen LogP contribution < -0.4 is 5.73 Å². The Hall–Kier alpha value is -0.940. The van der Waals surface area contributed by atoms with E-state index in [4.69, 9.17) is 10.5 Å². The number of aryl methyl sites for hydroxylation is 1. The molecule has 0 saturated heterocycles. The zero-order valence-corrected chi connectivity index (χ0v) is 12.7. The molecule has 2 unspecified atom stereocenters. The molecular weight excluding hydrogens is 260 g/mol. The Morgan fingerprint density at radius 3 is 3.00 bits per heavy atom. The predicted octanol–water partition coefficient (Wildman–Crippen LogP) is 2.99. The molecule has 0 aromatic carbocycles. The number of carbonyl (C=O) groups excluding carboxylic acids is 1. The summed E-state index contributed by atoms with van der Waals surface area (Å²) in [6.07, 6.45) is 4.26. The van der Waals surface area contributed by atoms with Gasteiger partial charge in [-0.15, -0.1) is 11.3 Å². The van der Waals surface area contributed by atoms with Gasteiger partial charge in [-0.25, -0.2) is 9.78 Å². The number of nitrogens with zero attached hydrogens (tertiary/aromatic N) is 1. The number of rotatable bonds is 3. The van der Waals surface area contributed by atoms with Crippen molar-refractivity contribution in [3.63, 3.8) is 0 Å². The molecule has 106 valence electrons. The molecule has 2 rings (SSSR count). The summed E-state index contributed by atoms with van der Waals surface area (Å²) in [5.74, 6) is 0.281. The van der Waals surface area contributed by atoms with E-state index in [0.29, 0.717) is 18.2 Å². The molecule has 0 spiro atoms. The van der Waals surface area contributed by atoms with Crippen LogP contribution in [0.4, 0.5) is 0 Å². The molecule has 0 bridgehead atoms. The van der Waals surface area contributed by atoms with Crippen molar-refractivity contribution in [1.82, 2.24) is 4.98 Å². The maximum absolute atomic E-state index is 11.8. The number of thiazole rings is 1. The van der Waals surface area contributed by atoms with Crippen molar-refractivity contribution >= 4 is 17.3 Å². The minimum Gasteiger partial charge on any atom is -0.461 e. The number of hydrogen-bond donors (Lipinski definition) is 1. The average Bonchev–Trinajstić information content (AvgIpc) is 2.72. The normalized spacial score (nSPS) is 27.3. The molecule has 1 heterocycles. The Balaban J connectivity index is 2.26. The highest BCUT2D eigenvalue weighted by molar-refractivity contribution is 7.12. The second-order valence-corrected chi connectivity index (χ2v) is 6.71. The maximum atomic E-state index is 11.8. The molecule has 4 nitrogen and oxygen atoms in total. The fraction of sp³-hybridized carbons (Fsp3) is 0.714. The van der Waals surface area contributed by atoms with E-state index in [1.54, 1.807) is 6.92 Å². The van der Waals surface area contributed by atoms with E-state index < -0.39 is 0 Å². The zero-order valence-electron chi connectivity index (χ0n) is 11.9. The van der Waals surface area contributed by atoms with E-state index in [1.165, 1.54) is 17.8 Å². The van der Waals surface area contributed by atoms with E-state index in [2.05, 4.69) is 11.9 Å². The van der Waals surface area contributed by atoms with Crippen LogP contribution in [-0.4, -0.2) is 17.6 Å². The highest BCUT2D eigenvalue weighted by Gasteiger charge is 2.36. The molecule has 1 saturated carbocycles. The Morgan fingerprint density at radius 2 is 2.37 bits per heavy atom. The first kappa shape index (κ1) is 14.5. The molecule has 19 heavy (non-hydrogen) atoms. The van der Waals surface area contributed by atoms with E-state index >= 15 is 0 Å². The van der Waals surface area contributed by atoms with Gasteiger partial charge in [-0.05, 0) is 32.6 Å². The highest BCUT2D eigenvalue weighted by atomic mass is 32.1. The van der Waals surface area contributed by atoms with Crippen molar-refractivity contribution in [2.45, 2.75) is 52.0 Å². The van der Waals surface area contributed by atoms with Crippen LogP contribution in [0.15, 0.2) is 0 Å². The Morgan fingerprint density at radius 1 is 1.63 bits per heavy atom. The van der Waals surface area contributed by atoms with Crippen molar-refractivity contribution < 1.29 is 9.53 Å². The van der Waals surface area contributed by atoms with E-state index in [9.17, 15) is 4.79 Å². The molecule has 0 amide bonds. The second kappa shape index (κ2) is 5.59. The highest BCUT2D eigenvalue weighted by Crippen LogP contribution is 2.40. The smallest absolute Gasteiger partial charge is 0.358 e. The van der Waals surface area contributed by atoms with Gasteiger partial charge in [0.05, 0.1) is 12.1 Å². The summed E-state index contributed by atoms with van der Waals surface area (Å²) in [5.41, 5.74) is 6.59. The van der Waals surface area contributed by atoms with Crippen LogP contribution in [0.1, 0.15) is 59.9 Å². The van der Waals surface area contributed by atoms with Gasteiger partial charge >= 0.3 is 5.97 Å². The lowest BCUT2D eigenvalue weighted by molar-refractivity contribution is 0.0519. The first-order valence-corrected chi connectivity index (χ1v) is 7.72. The molecule has 0 radical (unpaired) electrons. The maximum Gasteiger partial charge on any atom is 0.358 e. The third-order valence-electron chi connectivity index (χ3n) is 3.72.